The van der Waals surface area contributed by atoms with Gasteiger partial charge in [-0.1, -0.05) is 13.8 Å². The van der Waals surface area contributed by atoms with Gasteiger partial charge in [-0.2, -0.15) is 4.31 Å². The first kappa shape index (κ1) is 22.9. The molecular formula is C20H32N4O5S. The van der Waals surface area contributed by atoms with E-state index in [1.165, 1.54) is 35.3 Å². The second kappa shape index (κ2) is 10.0. The first-order valence-electron chi connectivity index (χ1n) is 10.6. The zero-order chi connectivity index (χ0) is 21.7. The Kier molecular flexibility index (Phi) is 7.67. The van der Waals surface area contributed by atoms with Crippen molar-refractivity contribution in [3.63, 3.8) is 0 Å². The molecule has 9 nitrogen and oxygen atoms in total. The van der Waals surface area contributed by atoms with E-state index < -0.39 is 14.9 Å². The summed E-state index contributed by atoms with van der Waals surface area (Å²) in [6.07, 6.45) is 3.37. The van der Waals surface area contributed by atoms with Crippen molar-refractivity contribution in [1.29, 1.82) is 0 Å². The van der Waals surface area contributed by atoms with Gasteiger partial charge in [0.1, 0.15) is 4.90 Å². The molecule has 2 aliphatic rings. The Bertz CT molecular complexity index is 834. The summed E-state index contributed by atoms with van der Waals surface area (Å²) in [5.41, 5.74) is 0.186. The largest absolute Gasteiger partial charge is 0.382 e. The van der Waals surface area contributed by atoms with Gasteiger partial charge in [-0.15, -0.1) is 0 Å². The molecule has 1 aromatic rings. The lowest BCUT2D eigenvalue weighted by Gasteiger charge is -2.30. The van der Waals surface area contributed by atoms with Gasteiger partial charge in [0.2, 0.25) is 10.0 Å². The number of anilines is 1. The van der Waals surface area contributed by atoms with Crippen molar-refractivity contribution < 1.29 is 18.1 Å². The molecule has 1 aromatic carbocycles. The highest BCUT2D eigenvalue weighted by molar-refractivity contribution is 7.89. The molecule has 0 aromatic heterocycles. The highest BCUT2D eigenvalue weighted by atomic mass is 32.2. The molecule has 0 amide bonds. The Morgan fingerprint density at radius 2 is 1.83 bits per heavy atom. The summed E-state index contributed by atoms with van der Waals surface area (Å²) in [5.74, 6) is 0.519. The fourth-order valence-electron chi connectivity index (χ4n) is 4.15. The van der Waals surface area contributed by atoms with Crippen LogP contribution < -0.4 is 5.32 Å². The number of rotatable bonds is 9. The Balaban J connectivity index is 1.86. The van der Waals surface area contributed by atoms with Gasteiger partial charge in [0.15, 0.2) is 0 Å². The Labute approximate surface area is 178 Å². The number of ether oxygens (including phenoxy) is 1. The topological polar surface area (TPSA) is 105 Å². The third-order valence-corrected chi connectivity index (χ3v) is 7.63. The summed E-state index contributed by atoms with van der Waals surface area (Å²) in [5, 5.41) is 14.6. The fourth-order valence-corrected chi connectivity index (χ4v) is 5.75. The van der Waals surface area contributed by atoms with Crippen LogP contribution in [0.1, 0.15) is 33.1 Å². The van der Waals surface area contributed by atoms with Crippen molar-refractivity contribution in [2.45, 2.75) is 44.0 Å². The number of nitro groups is 1. The molecule has 2 aliphatic heterocycles. The van der Waals surface area contributed by atoms with Crippen LogP contribution in [0.25, 0.3) is 0 Å². The van der Waals surface area contributed by atoms with Crippen LogP contribution in [0.5, 0.6) is 0 Å². The molecule has 0 aliphatic carbocycles. The summed E-state index contributed by atoms with van der Waals surface area (Å²) in [6, 6.07) is 4.33. The van der Waals surface area contributed by atoms with Gasteiger partial charge in [-0.3, -0.25) is 15.0 Å². The molecule has 0 spiro atoms. The average Bonchev–Trinajstić information content (AvgIpc) is 3.26. The number of nitrogens with zero attached hydrogens (tertiary/aromatic N) is 3. The maximum Gasteiger partial charge on any atom is 0.270 e. The van der Waals surface area contributed by atoms with Gasteiger partial charge in [-0.25, -0.2) is 8.42 Å². The van der Waals surface area contributed by atoms with Crippen molar-refractivity contribution in [3.8, 4) is 0 Å². The van der Waals surface area contributed by atoms with E-state index in [0.717, 1.165) is 19.5 Å². The second-order valence-corrected chi connectivity index (χ2v) is 10.3. The first-order valence-corrected chi connectivity index (χ1v) is 12.1. The van der Waals surface area contributed by atoms with Crippen molar-refractivity contribution >= 4 is 21.4 Å². The standard InChI is InChI=1S/C20H32N4O5S/c1-16(2)13-18(22-7-3-4-8-22)15-21-19-6-5-17(24(25)26)14-20(19)30(27,28)23-9-11-29-12-10-23/h5-6,14,16,18,21H,3-4,7-13,15H2,1-2H3/t18-/m1/s1. The van der Waals surface area contributed by atoms with Crippen molar-refractivity contribution in [1.82, 2.24) is 9.21 Å². The van der Waals surface area contributed by atoms with E-state index in [1.54, 1.807) is 0 Å². The maximum absolute atomic E-state index is 13.3. The van der Waals surface area contributed by atoms with Crippen LogP contribution in [0.3, 0.4) is 0 Å². The number of hydrogen-bond acceptors (Lipinski definition) is 7. The lowest BCUT2D eigenvalue weighted by Crippen LogP contribution is -2.41. The van der Waals surface area contributed by atoms with Crippen LogP contribution >= 0.6 is 0 Å². The number of nitro benzene ring substituents is 1. The number of sulfonamides is 1. The average molecular weight is 441 g/mol. The molecule has 1 atom stereocenters. The van der Waals surface area contributed by atoms with Gasteiger partial charge in [0.25, 0.3) is 5.69 Å². The van der Waals surface area contributed by atoms with E-state index in [9.17, 15) is 18.5 Å². The predicted molar refractivity (Wildman–Crippen MR) is 115 cm³/mol. The summed E-state index contributed by atoms with van der Waals surface area (Å²) in [4.78, 5) is 13.1. The molecule has 0 bridgehead atoms. The van der Waals surface area contributed by atoms with Gasteiger partial charge in [0, 0.05) is 37.8 Å². The number of nitrogens with one attached hydrogen (secondary N) is 1. The van der Waals surface area contributed by atoms with Crippen molar-refractivity contribution in [2.75, 3.05) is 51.3 Å². The van der Waals surface area contributed by atoms with Gasteiger partial charge in [-0.05, 0) is 44.3 Å². The van der Waals surface area contributed by atoms with Crippen LogP contribution in [0.15, 0.2) is 23.1 Å². The summed E-state index contributed by atoms with van der Waals surface area (Å²) in [6.45, 7) is 8.21. The Hall–Kier alpha value is -1.75. The minimum Gasteiger partial charge on any atom is -0.382 e. The molecule has 0 saturated carbocycles. The van der Waals surface area contributed by atoms with Gasteiger partial charge >= 0.3 is 0 Å². The zero-order valence-corrected chi connectivity index (χ0v) is 18.6. The van der Waals surface area contributed by atoms with Gasteiger partial charge < -0.3 is 10.1 Å². The summed E-state index contributed by atoms with van der Waals surface area (Å²) >= 11 is 0. The van der Waals surface area contributed by atoms with Gasteiger partial charge in [0.05, 0.1) is 23.8 Å². The first-order chi connectivity index (χ1) is 14.3. The van der Waals surface area contributed by atoms with E-state index in [1.807, 2.05) is 0 Å². The summed E-state index contributed by atoms with van der Waals surface area (Å²) < 4.78 is 33.1. The third-order valence-electron chi connectivity index (χ3n) is 5.69. The SMILES string of the molecule is CC(C)C[C@H](CNc1ccc([N+](=O)[O-])cc1S(=O)(=O)N1CCOCC1)N1CCCC1. The number of likely N-dealkylation sites (tertiary alicyclic amines) is 1. The normalized spacial score (nSPS) is 19.8. The molecule has 0 unspecified atom stereocenters. The Morgan fingerprint density at radius 1 is 1.17 bits per heavy atom. The smallest absolute Gasteiger partial charge is 0.270 e. The van der Waals surface area contributed by atoms with E-state index in [-0.39, 0.29) is 23.7 Å². The number of morpholine rings is 1. The van der Waals surface area contributed by atoms with E-state index >= 15 is 0 Å². The lowest BCUT2D eigenvalue weighted by molar-refractivity contribution is -0.385. The summed E-state index contributed by atoms with van der Waals surface area (Å²) in [7, 11) is -3.87. The lowest BCUT2D eigenvalue weighted by atomic mass is 10.0. The number of hydrogen-bond donors (Lipinski definition) is 1. The van der Waals surface area contributed by atoms with E-state index in [4.69, 9.17) is 4.74 Å². The van der Waals surface area contributed by atoms with Crippen LogP contribution in [-0.4, -0.2) is 74.5 Å². The quantitative estimate of drug-likeness (QED) is 0.465. The van der Waals surface area contributed by atoms with Crippen LogP contribution in [0.2, 0.25) is 0 Å². The van der Waals surface area contributed by atoms with Crippen LogP contribution in [0, 0.1) is 16.0 Å². The molecule has 1 N–H and O–H groups in total. The highest BCUT2D eigenvalue weighted by Gasteiger charge is 2.31. The molecular weight excluding hydrogens is 408 g/mol. The van der Waals surface area contributed by atoms with E-state index in [0.29, 0.717) is 37.4 Å². The highest BCUT2D eigenvalue weighted by Crippen LogP contribution is 2.30. The molecule has 3 rings (SSSR count). The zero-order valence-electron chi connectivity index (χ0n) is 17.7. The minimum absolute atomic E-state index is 0.0386. The monoisotopic (exact) mass is 440 g/mol. The molecule has 0 radical (unpaired) electrons. The van der Waals surface area contributed by atoms with Crippen molar-refractivity contribution in [3.05, 3.63) is 28.3 Å². The van der Waals surface area contributed by atoms with Crippen LogP contribution in [-0.2, 0) is 14.8 Å². The third kappa shape index (κ3) is 5.48. The second-order valence-electron chi connectivity index (χ2n) is 8.36. The molecule has 30 heavy (non-hydrogen) atoms. The molecule has 2 saturated heterocycles. The van der Waals surface area contributed by atoms with Crippen LogP contribution in [0.4, 0.5) is 11.4 Å². The number of non-ortho nitro benzene ring substituents is 1. The predicted octanol–water partition coefficient (Wildman–Crippen LogP) is 2.54. The number of benzene rings is 1. The fraction of sp³-hybridized carbons (Fsp3) is 0.700. The molecule has 10 heteroatoms. The molecule has 2 fully saturated rings. The van der Waals surface area contributed by atoms with Crippen molar-refractivity contribution in [2.24, 2.45) is 5.92 Å². The van der Waals surface area contributed by atoms with E-state index in [2.05, 4.69) is 24.1 Å². The molecule has 2 heterocycles. The molecule has 168 valence electrons. The maximum atomic E-state index is 13.3. The minimum atomic E-state index is -3.87. The Morgan fingerprint density at radius 3 is 2.43 bits per heavy atom.